The number of rotatable bonds is 10. The van der Waals surface area contributed by atoms with Gasteiger partial charge >= 0.3 is 5.97 Å². The number of methoxy groups -OCH3 is 1. The summed E-state index contributed by atoms with van der Waals surface area (Å²) in [6.45, 7) is 0.578. The molecule has 0 fully saturated rings. The van der Waals surface area contributed by atoms with Crippen molar-refractivity contribution in [3.05, 3.63) is 35.9 Å². The Bertz CT molecular complexity index is 439. The third-order valence-electron chi connectivity index (χ3n) is 2.86. The quantitative estimate of drug-likeness (QED) is 0.642. The summed E-state index contributed by atoms with van der Waals surface area (Å²) in [5.41, 5.74) is 1.06. The molecule has 1 aromatic carbocycles. The molecule has 0 spiro atoms. The second-order valence-electron chi connectivity index (χ2n) is 4.53. The van der Waals surface area contributed by atoms with E-state index in [0.29, 0.717) is 25.2 Å². The first-order chi connectivity index (χ1) is 10.1. The number of hydrogen-bond donors (Lipinski definition) is 2. The molecule has 0 saturated heterocycles. The van der Waals surface area contributed by atoms with E-state index in [4.69, 9.17) is 9.84 Å². The Balaban J connectivity index is 2.35. The SMILES string of the molecule is COCCSCC(=O)N[C@@H](CCc1ccccc1)C(=O)O. The minimum atomic E-state index is -0.999. The van der Waals surface area contributed by atoms with Crippen molar-refractivity contribution in [3.63, 3.8) is 0 Å². The molecule has 0 radical (unpaired) electrons. The lowest BCUT2D eigenvalue weighted by atomic mass is 10.1. The van der Waals surface area contributed by atoms with Crippen molar-refractivity contribution < 1.29 is 19.4 Å². The van der Waals surface area contributed by atoms with Crippen LogP contribution in [-0.2, 0) is 20.7 Å². The van der Waals surface area contributed by atoms with Crippen molar-refractivity contribution in [1.82, 2.24) is 5.32 Å². The molecule has 0 heterocycles. The predicted molar refractivity (Wildman–Crippen MR) is 83.5 cm³/mol. The van der Waals surface area contributed by atoms with Gasteiger partial charge in [-0.15, -0.1) is 11.8 Å². The molecule has 5 nitrogen and oxygen atoms in total. The smallest absolute Gasteiger partial charge is 0.326 e. The van der Waals surface area contributed by atoms with Gasteiger partial charge in [0.05, 0.1) is 12.4 Å². The second-order valence-corrected chi connectivity index (χ2v) is 5.63. The molecule has 1 aromatic rings. The maximum absolute atomic E-state index is 11.7. The number of thioether (sulfide) groups is 1. The van der Waals surface area contributed by atoms with Gasteiger partial charge in [0.15, 0.2) is 0 Å². The molecule has 0 saturated carbocycles. The number of amides is 1. The fourth-order valence-corrected chi connectivity index (χ4v) is 2.45. The highest BCUT2D eigenvalue weighted by atomic mass is 32.2. The molecule has 0 bridgehead atoms. The van der Waals surface area contributed by atoms with Crippen LogP contribution in [0.25, 0.3) is 0 Å². The van der Waals surface area contributed by atoms with Gasteiger partial charge in [0.1, 0.15) is 6.04 Å². The Morgan fingerprint density at radius 2 is 2.05 bits per heavy atom. The summed E-state index contributed by atoms with van der Waals surface area (Å²) in [5, 5.41) is 11.7. The molecule has 1 rings (SSSR count). The topological polar surface area (TPSA) is 75.6 Å². The third kappa shape index (κ3) is 7.72. The van der Waals surface area contributed by atoms with E-state index in [9.17, 15) is 9.59 Å². The highest BCUT2D eigenvalue weighted by molar-refractivity contribution is 7.99. The first kappa shape index (κ1) is 17.5. The zero-order chi connectivity index (χ0) is 15.5. The number of carboxylic acid groups (broad SMARTS) is 1. The molecule has 1 amide bonds. The zero-order valence-electron chi connectivity index (χ0n) is 12.1. The van der Waals surface area contributed by atoms with Gasteiger partial charge in [-0.3, -0.25) is 4.79 Å². The van der Waals surface area contributed by atoms with Crippen LogP contribution >= 0.6 is 11.8 Å². The van der Waals surface area contributed by atoms with Crippen LogP contribution in [0.3, 0.4) is 0 Å². The molecule has 0 aromatic heterocycles. The number of aryl methyl sites for hydroxylation is 1. The van der Waals surface area contributed by atoms with Gasteiger partial charge in [-0.05, 0) is 18.4 Å². The number of carbonyl (C=O) groups is 2. The molecule has 1 atom stereocenters. The van der Waals surface area contributed by atoms with Crippen LogP contribution in [-0.4, -0.2) is 48.2 Å². The van der Waals surface area contributed by atoms with Crippen LogP contribution in [0.4, 0.5) is 0 Å². The van der Waals surface area contributed by atoms with Crippen molar-refractivity contribution in [2.45, 2.75) is 18.9 Å². The van der Waals surface area contributed by atoms with Crippen LogP contribution in [0.15, 0.2) is 30.3 Å². The summed E-state index contributed by atoms with van der Waals surface area (Å²) in [5.74, 6) is -0.290. The van der Waals surface area contributed by atoms with Crippen LogP contribution in [0, 0.1) is 0 Å². The summed E-state index contributed by atoms with van der Waals surface area (Å²) < 4.78 is 4.88. The lowest BCUT2D eigenvalue weighted by Crippen LogP contribution is -2.42. The molecule has 116 valence electrons. The first-order valence-corrected chi connectivity index (χ1v) is 7.91. The normalized spacial score (nSPS) is 11.9. The lowest BCUT2D eigenvalue weighted by Gasteiger charge is -2.14. The maximum atomic E-state index is 11.7. The van der Waals surface area contributed by atoms with E-state index in [0.717, 1.165) is 5.56 Å². The molecule has 0 unspecified atom stereocenters. The Morgan fingerprint density at radius 1 is 1.33 bits per heavy atom. The highest BCUT2D eigenvalue weighted by Crippen LogP contribution is 2.06. The standard InChI is InChI=1S/C15H21NO4S/c1-20-9-10-21-11-14(17)16-13(15(18)19)8-7-12-5-3-2-4-6-12/h2-6,13H,7-11H2,1H3,(H,16,17)(H,18,19)/t13-/m0/s1. The molecule has 2 N–H and O–H groups in total. The van der Waals surface area contributed by atoms with E-state index in [-0.39, 0.29) is 11.7 Å². The summed E-state index contributed by atoms with van der Waals surface area (Å²) in [6, 6.07) is 8.78. The predicted octanol–water partition coefficient (Wildman–Crippen LogP) is 1.57. The van der Waals surface area contributed by atoms with E-state index < -0.39 is 12.0 Å². The maximum Gasteiger partial charge on any atom is 0.326 e. The lowest BCUT2D eigenvalue weighted by molar-refractivity contribution is -0.141. The molecule has 0 aliphatic heterocycles. The van der Waals surface area contributed by atoms with E-state index in [1.165, 1.54) is 11.8 Å². The summed E-state index contributed by atoms with van der Waals surface area (Å²) in [4.78, 5) is 22.9. The fraction of sp³-hybridized carbons (Fsp3) is 0.467. The minimum Gasteiger partial charge on any atom is -0.480 e. The zero-order valence-corrected chi connectivity index (χ0v) is 12.9. The molecular formula is C15H21NO4S. The second kappa shape index (κ2) is 10.2. The van der Waals surface area contributed by atoms with Crippen LogP contribution in [0.1, 0.15) is 12.0 Å². The van der Waals surface area contributed by atoms with E-state index >= 15 is 0 Å². The first-order valence-electron chi connectivity index (χ1n) is 6.76. The Kier molecular flexibility index (Phi) is 8.54. The van der Waals surface area contributed by atoms with Gasteiger partial charge in [0, 0.05) is 12.9 Å². The van der Waals surface area contributed by atoms with Crippen molar-refractivity contribution in [2.75, 3.05) is 25.2 Å². The minimum absolute atomic E-state index is 0.248. The molecule has 0 aliphatic carbocycles. The summed E-state index contributed by atoms with van der Waals surface area (Å²) in [7, 11) is 1.60. The van der Waals surface area contributed by atoms with Gasteiger partial charge in [0.2, 0.25) is 5.91 Å². The number of nitrogens with one attached hydrogen (secondary N) is 1. The Morgan fingerprint density at radius 3 is 2.67 bits per heavy atom. The molecule has 21 heavy (non-hydrogen) atoms. The van der Waals surface area contributed by atoms with Crippen molar-refractivity contribution in [3.8, 4) is 0 Å². The van der Waals surface area contributed by atoms with Gasteiger partial charge in [0.25, 0.3) is 0 Å². The third-order valence-corrected chi connectivity index (χ3v) is 3.78. The highest BCUT2D eigenvalue weighted by Gasteiger charge is 2.19. The summed E-state index contributed by atoms with van der Waals surface area (Å²) >= 11 is 1.42. The number of aliphatic carboxylic acids is 1. The van der Waals surface area contributed by atoms with E-state index in [1.54, 1.807) is 7.11 Å². The van der Waals surface area contributed by atoms with Gasteiger partial charge in [-0.25, -0.2) is 4.79 Å². The van der Waals surface area contributed by atoms with Gasteiger partial charge in [-0.2, -0.15) is 0 Å². The number of benzene rings is 1. The number of carbonyl (C=O) groups excluding carboxylic acids is 1. The van der Waals surface area contributed by atoms with Gasteiger partial charge in [-0.1, -0.05) is 30.3 Å². The summed E-state index contributed by atoms with van der Waals surface area (Å²) in [6.07, 6.45) is 1.00. The monoisotopic (exact) mass is 311 g/mol. The van der Waals surface area contributed by atoms with Crippen LogP contribution < -0.4 is 5.32 Å². The molecule has 0 aliphatic rings. The Labute approximate surface area is 129 Å². The number of hydrogen-bond acceptors (Lipinski definition) is 4. The van der Waals surface area contributed by atoms with E-state index in [2.05, 4.69) is 5.32 Å². The fourth-order valence-electron chi connectivity index (χ4n) is 1.76. The molecule has 6 heteroatoms. The van der Waals surface area contributed by atoms with Crippen LogP contribution in [0.2, 0.25) is 0 Å². The number of ether oxygens (including phenoxy) is 1. The molecular weight excluding hydrogens is 290 g/mol. The van der Waals surface area contributed by atoms with Crippen molar-refractivity contribution in [1.29, 1.82) is 0 Å². The largest absolute Gasteiger partial charge is 0.480 e. The van der Waals surface area contributed by atoms with Crippen LogP contribution in [0.5, 0.6) is 0 Å². The Hall–Kier alpha value is -1.53. The van der Waals surface area contributed by atoms with Crippen molar-refractivity contribution in [2.24, 2.45) is 0 Å². The van der Waals surface area contributed by atoms with Gasteiger partial charge < -0.3 is 15.2 Å². The average Bonchev–Trinajstić information content (AvgIpc) is 2.48. The average molecular weight is 311 g/mol. The van der Waals surface area contributed by atoms with E-state index in [1.807, 2.05) is 30.3 Å². The van der Waals surface area contributed by atoms with Crippen molar-refractivity contribution >= 4 is 23.6 Å². The number of carboxylic acids is 1.